The molecule has 1 aliphatic heterocycles. The second kappa shape index (κ2) is 6.89. The number of halogens is 1. The zero-order chi connectivity index (χ0) is 15.5. The van der Waals surface area contributed by atoms with Crippen molar-refractivity contribution in [1.82, 2.24) is 4.90 Å². The van der Waals surface area contributed by atoms with Crippen molar-refractivity contribution in [3.8, 4) is 0 Å². The number of benzene rings is 1. The summed E-state index contributed by atoms with van der Waals surface area (Å²) in [5, 5.41) is 9.04. The Bertz CT molecular complexity index is 600. The van der Waals surface area contributed by atoms with Crippen molar-refractivity contribution in [2.24, 2.45) is 5.92 Å². The van der Waals surface area contributed by atoms with Crippen molar-refractivity contribution in [1.29, 1.82) is 0 Å². The highest BCUT2D eigenvalue weighted by Crippen LogP contribution is 2.19. The molecule has 7 heteroatoms. The van der Waals surface area contributed by atoms with Gasteiger partial charge in [-0.1, -0.05) is 15.9 Å². The molecule has 1 aliphatic rings. The Kier molecular flexibility index (Phi) is 5.40. The Morgan fingerprint density at radius 2 is 2.00 bits per heavy atom. The lowest BCUT2D eigenvalue weighted by Gasteiger charge is -2.30. The van der Waals surface area contributed by atoms with Gasteiger partial charge in [0.2, 0.25) is 0 Å². The van der Waals surface area contributed by atoms with Crippen molar-refractivity contribution in [2.45, 2.75) is 17.7 Å². The van der Waals surface area contributed by atoms with Crippen LogP contribution < -0.4 is 0 Å². The third-order valence-corrected chi connectivity index (χ3v) is 5.94. The normalized spacial score (nSPS) is 20.3. The molecule has 1 fully saturated rings. The highest BCUT2D eigenvalue weighted by molar-refractivity contribution is 9.10. The number of likely N-dealkylation sites (tertiary alicyclic amines) is 1. The van der Waals surface area contributed by atoms with E-state index in [0.29, 0.717) is 24.4 Å². The molecule has 0 bridgehead atoms. The lowest BCUT2D eigenvalue weighted by atomic mass is 9.98. The lowest BCUT2D eigenvalue weighted by Crippen LogP contribution is -2.40. The van der Waals surface area contributed by atoms with Crippen molar-refractivity contribution >= 4 is 31.7 Å². The van der Waals surface area contributed by atoms with E-state index >= 15 is 0 Å². The molecule has 0 spiro atoms. The summed E-state index contributed by atoms with van der Waals surface area (Å²) < 4.78 is 25.3. The van der Waals surface area contributed by atoms with Gasteiger partial charge in [-0.05, 0) is 43.7 Å². The Morgan fingerprint density at radius 3 is 2.62 bits per heavy atom. The maximum absolute atomic E-state index is 12.2. The minimum absolute atomic E-state index is 0.0149. The molecule has 0 saturated carbocycles. The van der Waals surface area contributed by atoms with Gasteiger partial charge in [0.15, 0.2) is 9.84 Å². The van der Waals surface area contributed by atoms with Gasteiger partial charge >= 0.3 is 5.97 Å². The van der Waals surface area contributed by atoms with Crippen molar-refractivity contribution < 1.29 is 18.3 Å². The number of carboxylic acids is 1. The summed E-state index contributed by atoms with van der Waals surface area (Å²) >= 11 is 3.28. The molecule has 2 rings (SSSR count). The van der Waals surface area contributed by atoms with Crippen molar-refractivity contribution in [3.05, 3.63) is 28.7 Å². The third-order valence-electron chi connectivity index (χ3n) is 3.70. The first-order valence-electron chi connectivity index (χ1n) is 6.82. The van der Waals surface area contributed by atoms with Gasteiger partial charge in [0.1, 0.15) is 0 Å². The summed E-state index contributed by atoms with van der Waals surface area (Å²) in [7, 11) is -3.32. The Labute approximate surface area is 133 Å². The van der Waals surface area contributed by atoms with Crippen molar-refractivity contribution in [3.63, 3.8) is 0 Å². The molecular formula is C14H18BrNO4S. The number of carbonyl (C=O) groups is 1. The zero-order valence-electron chi connectivity index (χ0n) is 11.5. The molecule has 0 radical (unpaired) electrons. The average molecular weight is 376 g/mol. The van der Waals surface area contributed by atoms with Gasteiger partial charge in [-0.3, -0.25) is 4.79 Å². The van der Waals surface area contributed by atoms with Gasteiger partial charge in [-0.2, -0.15) is 0 Å². The smallest absolute Gasteiger partial charge is 0.307 e. The summed E-state index contributed by atoms with van der Waals surface area (Å²) in [6, 6.07) is 6.56. The molecule has 1 atom stereocenters. The first kappa shape index (κ1) is 16.5. The molecule has 1 aromatic rings. The number of carboxylic acid groups (broad SMARTS) is 1. The molecule has 21 heavy (non-hydrogen) atoms. The Morgan fingerprint density at radius 1 is 1.33 bits per heavy atom. The topological polar surface area (TPSA) is 74.7 Å². The third kappa shape index (κ3) is 4.52. The number of rotatable bonds is 5. The summed E-state index contributed by atoms with van der Waals surface area (Å²) in [6.45, 7) is 1.58. The maximum Gasteiger partial charge on any atom is 0.307 e. The molecule has 1 aromatic carbocycles. The molecule has 1 heterocycles. The van der Waals surface area contributed by atoms with Crippen LogP contribution in [0, 0.1) is 5.92 Å². The van der Waals surface area contributed by atoms with Crippen LogP contribution in [0.4, 0.5) is 0 Å². The van der Waals surface area contributed by atoms with E-state index in [0.717, 1.165) is 17.4 Å². The van der Waals surface area contributed by atoms with Gasteiger partial charge in [-0.15, -0.1) is 0 Å². The van der Waals surface area contributed by atoms with Crippen LogP contribution in [0.2, 0.25) is 0 Å². The number of aliphatic carboxylic acids is 1. The van der Waals surface area contributed by atoms with Crippen LogP contribution in [0.1, 0.15) is 12.8 Å². The number of piperidine rings is 1. The average Bonchev–Trinajstić information content (AvgIpc) is 2.46. The molecule has 0 amide bonds. The van der Waals surface area contributed by atoms with Crippen LogP contribution >= 0.6 is 15.9 Å². The highest BCUT2D eigenvalue weighted by atomic mass is 79.9. The molecule has 1 N–H and O–H groups in total. The van der Waals surface area contributed by atoms with Crippen LogP contribution in [0.5, 0.6) is 0 Å². The molecule has 116 valence electrons. The maximum atomic E-state index is 12.2. The fourth-order valence-corrected chi connectivity index (χ4v) is 4.02. The van der Waals surface area contributed by atoms with Gasteiger partial charge < -0.3 is 10.0 Å². The standard InChI is InChI=1S/C14H18BrNO4S/c15-12-3-5-13(6-4-12)21(19,20)9-8-16-7-1-2-11(10-16)14(17)18/h3-6,11H,1-2,7-10H2,(H,17,18)/t11-/m0/s1. The number of sulfone groups is 1. The number of hydrogen-bond acceptors (Lipinski definition) is 4. The predicted octanol–water partition coefficient (Wildman–Crippen LogP) is 2.02. The molecule has 0 aromatic heterocycles. The summed E-state index contributed by atoms with van der Waals surface area (Å²) in [5.74, 6) is -1.16. The van der Waals surface area contributed by atoms with Gasteiger partial charge in [0.05, 0.1) is 16.6 Å². The van der Waals surface area contributed by atoms with Crippen LogP contribution in [-0.2, 0) is 14.6 Å². The number of hydrogen-bond donors (Lipinski definition) is 1. The molecule has 1 saturated heterocycles. The van der Waals surface area contributed by atoms with E-state index < -0.39 is 15.8 Å². The highest BCUT2D eigenvalue weighted by Gasteiger charge is 2.26. The second-order valence-electron chi connectivity index (χ2n) is 5.25. The quantitative estimate of drug-likeness (QED) is 0.851. The van der Waals surface area contributed by atoms with Crippen LogP contribution in [0.25, 0.3) is 0 Å². The fraction of sp³-hybridized carbons (Fsp3) is 0.500. The first-order chi connectivity index (χ1) is 9.88. The van der Waals surface area contributed by atoms with Crippen LogP contribution in [-0.4, -0.2) is 49.8 Å². The van der Waals surface area contributed by atoms with E-state index in [9.17, 15) is 13.2 Å². The van der Waals surface area contributed by atoms with E-state index in [1.165, 1.54) is 0 Å². The summed E-state index contributed by atoms with van der Waals surface area (Å²) in [5.41, 5.74) is 0. The molecule has 0 aliphatic carbocycles. The molecular weight excluding hydrogens is 358 g/mol. The van der Waals surface area contributed by atoms with E-state index in [4.69, 9.17) is 5.11 Å². The minimum Gasteiger partial charge on any atom is -0.481 e. The predicted molar refractivity (Wildman–Crippen MR) is 83.0 cm³/mol. The van der Waals surface area contributed by atoms with Gasteiger partial charge in [0, 0.05) is 17.6 Å². The zero-order valence-corrected chi connectivity index (χ0v) is 13.9. The summed E-state index contributed by atoms with van der Waals surface area (Å²) in [4.78, 5) is 13.2. The SMILES string of the molecule is O=C(O)[C@H]1CCCN(CCS(=O)(=O)c2ccc(Br)cc2)C1. The van der Waals surface area contributed by atoms with Crippen LogP contribution in [0.15, 0.2) is 33.6 Å². The van der Waals surface area contributed by atoms with E-state index in [1.54, 1.807) is 24.3 Å². The van der Waals surface area contributed by atoms with Crippen molar-refractivity contribution in [2.75, 3.05) is 25.4 Å². The molecule has 0 unspecified atom stereocenters. The Hall–Kier alpha value is -0.920. The monoisotopic (exact) mass is 375 g/mol. The van der Waals surface area contributed by atoms with E-state index in [2.05, 4.69) is 15.9 Å². The largest absolute Gasteiger partial charge is 0.481 e. The van der Waals surface area contributed by atoms with E-state index in [1.807, 2.05) is 4.90 Å². The Balaban J connectivity index is 1.95. The number of nitrogens with zero attached hydrogens (tertiary/aromatic N) is 1. The van der Waals surface area contributed by atoms with Gasteiger partial charge in [-0.25, -0.2) is 8.42 Å². The first-order valence-corrected chi connectivity index (χ1v) is 9.26. The minimum atomic E-state index is -3.32. The fourth-order valence-electron chi connectivity index (χ4n) is 2.47. The van der Waals surface area contributed by atoms with E-state index in [-0.39, 0.29) is 11.7 Å². The second-order valence-corrected chi connectivity index (χ2v) is 8.28. The lowest BCUT2D eigenvalue weighted by molar-refractivity contribution is -0.143. The molecule has 5 nitrogen and oxygen atoms in total. The van der Waals surface area contributed by atoms with Gasteiger partial charge in [0.25, 0.3) is 0 Å². The summed E-state index contributed by atoms with van der Waals surface area (Å²) in [6.07, 6.45) is 1.47. The van der Waals surface area contributed by atoms with Crippen LogP contribution in [0.3, 0.4) is 0 Å².